The van der Waals surface area contributed by atoms with Crippen LogP contribution in [0, 0.1) is 6.92 Å². The number of hydrogen-bond donors (Lipinski definition) is 0. The van der Waals surface area contributed by atoms with Crippen molar-refractivity contribution in [3.05, 3.63) is 58.1 Å². The van der Waals surface area contributed by atoms with Gasteiger partial charge in [0.15, 0.2) is 11.5 Å². The van der Waals surface area contributed by atoms with Gasteiger partial charge >= 0.3 is 0 Å². The minimum atomic E-state index is -0.174. The van der Waals surface area contributed by atoms with Crippen LogP contribution in [-0.4, -0.2) is 33.6 Å². The van der Waals surface area contributed by atoms with Crippen LogP contribution in [0.2, 0.25) is 0 Å². The largest absolute Gasteiger partial charge is 0.493 e. The van der Waals surface area contributed by atoms with Crippen LogP contribution in [0.3, 0.4) is 0 Å². The average molecular weight is 396 g/mol. The fourth-order valence-electron chi connectivity index (χ4n) is 3.46. The van der Waals surface area contributed by atoms with Crippen LogP contribution in [0.4, 0.5) is 0 Å². The maximum absolute atomic E-state index is 13.3. The number of nitrogens with zero attached hydrogens (tertiary/aromatic N) is 4. The van der Waals surface area contributed by atoms with Crippen molar-refractivity contribution in [2.75, 3.05) is 14.2 Å². The number of fused-ring (bicyclic) bond motifs is 3. The number of ether oxygens (including phenoxy) is 2. The highest BCUT2D eigenvalue weighted by Gasteiger charge is 2.19. The summed E-state index contributed by atoms with van der Waals surface area (Å²) < 4.78 is 15.2. The Morgan fingerprint density at radius 1 is 1.32 bits per heavy atom. The molecule has 0 aliphatic rings. The Morgan fingerprint density at radius 3 is 2.86 bits per heavy atom. The van der Waals surface area contributed by atoms with E-state index in [9.17, 15) is 4.79 Å². The number of aryl methyl sites for hydroxylation is 1. The maximum Gasteiger partial charge on any atom is 0.291 e. The molecule has 4 heterocycles. The van der Waals surface area contributed by atoms with Crippen molar-refractivity contribution in [1.82, 2.24) is 19.3 Å². The molecule has 8 heteroatoms. The van der Waals surface area contributed by atoms with Crippen molar-refractivity contribution in [1.29, 1.82) is 0 Å². The highest BCUT2D eigenvalue weighted by atomic mass is 32.1. The van der Waals surface area contributed by atoms with Gasteiger partial charge in [0.1, 0.15) is 11.2 Å². The number of methoxy groups -OCH3 is 2. The number of hydrogen-bond acceptors (Lipinski definition) is 6. The van der Waals surface area contributed by atoms with Crippen LogP contribution in [0.25, 0.3) is 21.1 Å². The van der Waals surface area contributed by atoms with Crippen LogP contribution in [0.1, 0.15) is 10.6 Å². The third-order valence-electron chi connectivity index (χ3n) is 4.64. The van der Waals surface area contributed by atoms with Crippen molar-refractivity contribution >= 4 is 32.5 Å². The molecule has 0 unspecified atom stereocenters. The second-order valence-electron chi connectivity index (χ2n) is 6.33. The molecule has 144 valence electrons. The quantitative estimate of drug-likeness (QED) is 0.467. The van der Waals surface area contributed by atoms with Crippen molar-refractivity contribution < 1.29 is 9.47 Å². The van der Waals surface area contributed by atoms with Gasteiger partial charge in [0.05, 0.1) is 37.2 Å². The average Bonchev–Trinajstić information content (AvgIpc) is 3.20. The van der Waals surface area contributed by atoms with Gasteiger partial charge in [-0.3, -0.25) is 9.78 Å². The van der Waals surface area contributed by atoms with E-state index in [0.717, 1.165) is 15.6 Å². The molecular formula is C20H20N4O3S. The van der Waals surface area contributed by atoms with E-state index in [-0.39, 0.29) is 12.1 Å². The lowest BCUT2D eigenvalue weighted by Crippen LogP contribution is -2.25. The molecular weight excluding hydrogens is 376 g/mol. The van der Waals surface area contributed by atoms with Gasteiger partial charge in [0.25, 0.3) is 5.56 Å². The first-order chi connectivity index (χ1) is 13.6. The van der Waals surface area contributed by atoms with Crippen molar-refractivity contribution in [3.63, 3.8) is 0 Å². The number of pyridine rings is 1. The Balaban J connectivity index is 1.91. The molecule has 0 spiro atoms. The minimum absolute atomic E-state index is 0.174. The van der Waals surface area contributed by atoms with Crippen molar-refractivity contribution in [3.8, 4) is 11.5 Å². The molecule has 28 heavy (non-hydrogen) atoms. The Bertz CT molecular complexity index is 1250. The summed E-state index contributed by atoms with van der Waals surface area (Å²) in [5.74, 6) is 1.06. The molecule has 0 bridgehead atoms. The fourth-order valence-corrected chi connectivity index (χ4v) is 4.48. The molecule has 0 aliphatic heterocycles. The molecule has 0 aromatic carbocycles. The molecule has 0 saturated carbocycles. The maximum atomic E-state index is 13.3. The lowest BCUT2D eigenvalue weighted by atomic mass is 10.3. The molecule has 0 amide bonds. The van der Waals surface area contributed by atoms with Gasteiger partial charge in [-0.1, -0.05) is 6.08 Å². The number of aromatic nitrogens is 4. The monoisotopic (exact) mass is 396 g/mol. The Labute approximate surface area is 165 Å². The van der Waals surface area contributed by atoms with Crippen LogP contribution in [0.15, 0.2) is 42.0 Å². The third-order valence-corrected chi connectivity index (χ3v) is 5.71. The van der Waals surface area contributed by atoms with E-state index in [1.54, 1.807) is 50.1 Å². The molecule has 4 aromatic heterocycles. The molecule has 4 rings (SSSR count). The topological polar surface area (TPSA) is 71.2 Å². The first-order valence-corrected chi connectivity index (χ1v) is 9.55. The van der Waals surface area contributed by atoms with Crippen molar-refractivity contribution in [2.45, 2.75) is 20.0 Å². The predicted molar refractivity (Wildman–Crippen MR) is 111 cm³/mol. The van der Waals surface area contributed by atoms with E-state index in [1.807, 2.05) is 4.57 Å². The van der Waals surface area contributed by atoms with Crippen LogP contribution < -0.4 is 15.0 Å². The molecule has 0 radical (unpaired) electrons. The lowest BCUT2D eigenvalue weighted by Gasteiger charge is -2.12. The fraction of sp³-hybridized carbons (Fsp3) is 0.250. The SMILES string of the molecule is C=CCn1c2cc(C)sc2c2cnn(Cc3nccc(OC)c3OC)c(=O)c21. The van der Waals surface area contributed by atoms with E-state index in [4.69, 9.17) is 9.47 Å². The summed E-state index contributed by atoms with van der Waals surface area (Å²) in [6.45, 7) is 6.63. The van der Waals surface area contributed by atoms with Gasteiger partial charge < -0.3 is 14.0 Å². The van der Waals surface area contributed by atoms with Crippen LogP contribution in [0.5, 0.6) is 11.5 Å². The predicted octanol–water partition coefficient (Wildman–Crippen LogP) is 3.37. The summed E-state index contributed by atoms with van der Waals surface area (Å²) in [5, 5.41) is 5.26. The number of thiophene rings is 1. The summed E-state index contributed by atoms with van der Waals surface area (Å²) in [7, 11) is 3.11. The summed E-state index contributed by atoms with van der Waals surface area (Å²) >= 11 is 1.67. The van der Waals surface area contributed by atoms with Crippen LogP contribution >= 0.6 is 11.3 Å². The number of allylic oxidation sites excluding steroid dienone is 1. The number of rotatable bonds is 6. The smallest absolute Gasteiger partial charge is 0.291 e. The Kier molecular flexibility index (Phi) is 4.64. The normalized spacial score (nSPS) is 11.2. The highest BCUT2D eigenvalue weighted by molar-refractivity contribution is 7.20. The Hall–Kier alpha value is -3.13. The van der Waals surface area contributed by atoms with Gasteiger partial charge in [-0.2, -0.15) is 5.10 Å². The van der Waals surface area contributed by atoms with E-state index in [2.05, 4.69) is 29.7 Å². The van der Waals surface area contributed by atoms with Gasteiger partial charge in [-0.25, -0.2) is 4.68 Å². The first kappa shape index (κ1) is 18.2. The zero-order valence-electron chi connectivity index (χ0n) is 15.9. The van der Waals surface area contributed by atoms with Gasteiger partial charge in [0.2, 0.25) is 0 Å². The lowest BCUT2D eigenvalue weighted by molar-refractivity contribution is 0.347. The zero-order chi connectivity index (χ0) is 19.8. The molecule has 0 N–H and O–H groups in total. The first-order valence-electron chi connectivity index (χ1n) is 8.74. The van der Waals surface area contributed by atoms with Gasteiger partial charge in [0, 0.05) is 29.1 Å². The minimum Gasteiger partial charge on any atom is -0.493 e. The molecule has 7 nitrogen and oxygen atoms in total. The third kappa shape index (κ3) is 2.77. The summed E-state index contributed by atoms with van der Waals surface area (Å²) in [4.78, 5) is 18.8. The molecule has 0 saturated heterocycles. The van der Waals surface area contributed by atoms with Crippen LogP contribution in [-0.2, 0) is 13.1 Å². The van der Waals surface area contributed by atoms with E-state index in [0.29, 0.717) is 29.3 Å². The summed E-state index contributed by atoms with van der Waals surface area (Å²) in [6, 6.07) is 3.81. The van der Waals surface area contributed by atoms with E-state index < -0.39 is 0 Å². The second kappa shape index (κ2) is 7.12. The molecule has 0 aliphatic carbocycles. The molecule has 0 fully saturated rings. The Morgan fingerprint density at radius 2 is 2.14 bits per heavy atom. The van der Waals surface area contributed by atoms with Gasteiger partial charge in [-0.15, -0.1) is 17.9 Å². The highest BCUT2D eigenvalue weighted by Crippen LogP contribution is 2.34. The molecule has 0 atom stereocenters. The van der Waals surface area contributed by atoms with E-state index in [1.165, 1.54) is 9.56 Å². The standard InChI is InChI=1S/C20H20N4O3S/c1-5-8-23-15-9-12(2)28-19(15)13-10-22-24(20(25)17(13)23)11-14-18(27-4)16(26-3)6-7-21-14/h5-7,9-10H,1,8,11H2,2-4H3. The van der Waals surface area contributed by atoms with Gasteiger partial charge in [-0.05, 0) is 13.0 Å². The zero-order valence-corrected chi connectivity index (χ0v) is 16.7. The second-order valence-corrected chi connectivity index (χ2v) is 7.59. The van der Waals surface area contributed by atoms with Crippen molar-refractivity contribution in [2.24, 2.45) is 0 Å². The van der Waals surface area contributed by atoms with E-state index >= 15 is 0 Å². The molecule has 4 aromatic rings. The summed E-state index contributed by atoms with van der Waals surface area (Å²) in [5.41, 5.74) is 2.06. The summed E-state index contributed by atoms with van der Waals surface area (Å²) in [6.07, 6.45) is 5.17.